The van der Waals surface area contributed by atoms with Gasteiger partial charge in [0.2, 0.25) is 0 Å². The van der Waals surface area contributed by atoms with E-state index < -0.39 is 0 Å². The van der Waals surface area contributed by atoms with Crippen molar-refractivity contribution in [2.24, 2.45) is 0 Å². The van der Waals surface area contributed by atoms with Gasteiger partial charge >= 0.3 is 0 Å². The van der Waals surface area contributed by atoms with Gasteiger partial charge in [-0.3, -0.25) is 0 Å². The average molecular weight is 777 g/mol. The highest BCUT2D eigenvalue weighted by Gasteiger charge is 2.22. The summed E-state index contributed by atoms with van der Waals surface area (Å²) in [6.07, 6.45) is 0. The Balaban J connectivity index is 1.02. The van der Waals surface area contributed by atoms with Crippen molar-refractivity contribution in [1.82, 2.24) is 19.6 Å². The molecule has 3 aromatic heterocycles. The first kappa shape index (κ1) is 34.8. The third kappa shape index (κ3) is 5.88. The van der Waals surface area contributed by atoms with Crippen LogP contribution in [0.25, 0.3) is 116 Å². The lowest BCUT2D eigenvalue weighted by molar-refractivity contribution is 0.979. The fraction of sp³-hybridized carbons (Fsp3) is 0. The molecule has 0 spiro atoms. The van der Waals surface area contributed by atoms with Crippen molar-refractivity contribution < 1.29 is 0 Å². The van der Waals surface area contributed by atoms with Gasteiger partial charge in [0.25, 0.3) is 0 Å². The zero-order valence-corrected chi connectivity index (χ0v) is 33.1. The number of fused-ring (bicyclic) bond motifs is 9. The van der Waals surface area contributed by atoms with Crippen LogP contribution in [0.2, 0.25) is 0 Å². The highest BCUT2D eigenvalue weighted by atomic mass is 15.2. The van der Waals surface area contributed by atoms with Crippen molar-refractivity contribution in [1.29, 1.82) is 0 Å². The molecule has 284 valence electrons. The molecule has 0 saturated carbocycles. The molecule has 4 heteroatoms. The van der Waals surface area contributed by atoms with Crippen LogP contribution in [0, 0.1) is 0 Å². The first-order valence-electron chi connectivity index (χ1n) is 20.7. The van der Waals surface area contributed by atoms with Gasteiger partial charge in [-0.1, -0.05) is 200 Å². The molecule has 0 aliphatic carbocycles. The Bertz CT molecular complexity index is 3580. The number of pyridine rings is 1. The van der Waals surface area contributed by atoms with Crippen molar-refractivity contribution in [3.63, 3.8) is 0 Å². The summed E-state index contributed by atoms with van der Waals surface area (Å²) < 4.78 is 2.14. The molecule has 0 radical (unpaired) electrons. The van der Waals surface area contributed by atoms with Crippen LogP contribution >= 0.6 is 0 Å². The standard InChI is InChI=1S/C57H36N4/c1-4-16-39(17-5-1)54-55(40-18-6-2-7-19-40)60-61-53(35-42-22-10-11-23-44(42)56(54)61)38-30-28-37(29-31-38)51-36-52(59-57(58-51)41-20-8-3-9-21-41)43-32-33-49-47-26-13-12-24-45(47)46-25-14-15-27-48(46)50(49)34-43/h1-36H. The lowest BCUT2D eigenvalue weighted by atomic mass is 9.92. The molecule has 12 aromatic rings. The Morgan fingerprint density at radius 1 is 0.311 bits per heavy atom. The molecule has 0 atom stereocenters. The summed E-state index contributed by atoms with van der Waals surface area (Å²) in [6, 6.07) is 77.3. The lowest BCUT2D eigenvalue weighted by Crippen LogP contribution is -1.97. The van der Waals surface area contributed by atoms with Gasteiger partial charge in [0.05, 0.1) is 22.6 Å². The highest BCUT2D eigenvalue weighted by Crippen LogP contribution is 2.42. The topological polar surface area (TPSA) is 43.1 Å². The monoisotopic (exact) mass is 776 g/mol. The van der Waals surface area contributed by atoms with Gasteiger partial charge < -0.3 is 0 Å². The molecule has 9 aromatic carbocycles. The van der Waals surface area contributed by atoms with E-state index in [-0.39, 0.29) is 0 Å². The summed E-state index contributed by atoms with van der Waals surface area (Å²) in [5.74, 6) is 0.690. The number of hydrogen-bond donors (Lipinski definition) is 0. The predicted molar refractivity (Wildman–Crippen MR) is 253 cm³/mol. The molecule has 0 aliphatic heterocycles. The molecule has 4 nitrogen and oxygen atoms in total. The molecule has 0 N–H and O–H groups in total. The number of rotatable bonds is 6. The molecule has 0 fully saturated rings. The van der Waals surface area contributed by atoms with Gasteiger partial charge in [0.1, 0.15) is 5.69 Å². The van der Waals surface area contributed by atoms with E-state index >= 15 is 0 Å². The van der Waals surface area contributed by atoms with Crippen LogP contribution in [0.1, 0.15) is 0 Å². The van der Waals surface area contributed by atoms with Crippen LogP contribution < -0.4 is 0 Å². The molecular formula is C57H36N4. The third-order valence-corrected chi connectivity index (χ3v) is 12.0. The summed E-state index contributed by atoms with van der Waals surface area (Å²) in [5.41, 5.74) is 12.2. The van der Waals surface area contributed by atoms with Crippen molar-refractivity contribution in [3.8, 4) is 67.5 Å². The molecule has 12 rings (SSSR count). The molecule has 0 unspecified atom stereocenters. The molecule has 0 amide bonds. The van der Waals surface area contributed by atoms with E-state index in [0.717, 1.165) is 78.0 Å². The van der Waals surface area contributed by atoms with Crippen LogP contribution in [-0.2, 0) is 0 Å². The maximum atomic E-state index is 5.41. The van der Waals surface area contributed by atoms with Crippen molar-refractivity contribution in [2.45, 2.75) is 0 Å². The summed E-state index contributed by atoms with van der Waals surface area (Å²) in [6.45, 7) is 0. The number of benzene rings is 9. The normalized spacial score (nSPS) is 11.6. The lowest BCUT2D eigenvalue weighted by Gasteiger charge is -2.13. The second kappa shape index (κ2) is 14.3. The predicted octanol–water partition coefficient (Wildman–Crippen LogP) is 14.7. The molecule has 61 heavy (non-hydrogen) atoms. The summed E-state index contributed by atoms with van der Waals surface area (Å²) in [7, 11) is 0. The van der Waals surface area contributed by atoms with Gasteiger partial charge in [-0.15, -0.1) is 0 Å². The minimum atomic E-state index is 0.690. The van der Waals surface area contributed by atoms with Crippen LogP contribution in [0.15, 0.2) is 218 Å². The van der Waals surface area contributed by atoms with Crippen LogP contribution in [0.5, 0.6) is 0 Å². The summed E-state index contributed by atoms with van der Waals surface area (Å²) >= 11 is 0. The van der Waals surface area contributed by atoms with E-state index in [1.165, 1.54) is 32.3 Å². The van der Waals surface area contributed by atoms with Crippen molar-refractivity contribution >= 4 is 48.6 Å². The minimum Gasteiger partial charge on any atom is -0.231 e. The van der Waals surface area contributed by atoms with Gasteiger partial charge in [-0.2, -0.15) is 5.10 Å². The van der Waals surface area contributed by atoms with Crippen LogP contribution in [-0.4, -0.2) is 19.6 Å². The van der Waals surface area contributed by atoms with E-state index in [0.29, 0.717) is 5.82 Å². The largest absolute Gasteiger partial charge is 0.231 e. The van der Waals surface area contributed by atoms with Gasteiger partial charge in [-0.05, 0) is 61.5 Å². The van der Waals surface area contributed by atoms with Gasteiger partial charge in [0, 0.05) is 38.8 Å². The maximum absolute atomic E-state index is 5.41. The Hall–Kier alpha value is -8.21. The van der Waals surface area contributed by atoms with Gasteiger partial charge in [-0.25, -0.2) is 14.5 Å². The zero-order chi connectivity index (χ0) is 40.3. The second-order valence-corrected chi connectivity index (χ2v) is 15.6. The molecule has 3 heterocycles. The first-order valence-corrected chi connectivity index (χ1v) is 20.7. The Morgan fingerprint density at radius 2 is 0.787 bits per heavy atom. The highest BCUT2D eigenvalue weighted by molar-refractivity contribution is 6.25. The fourth-order valence-electron chi connectivity index (χ4n) is 9.11. The van der Waals surface area contributed by atoms with E-state index in [4.69, 9.17) is 15.1 Å². The SMILES string of the molecule is c1ccc(-c2nc(-c3ccc(-c4cc5ccccc5c5c(-c6ccccc6)c(-c6ccccc6)nn45)cc3)cc(-c3ccc4c5ccccc5c5ccccc5c4c3)n2)cc1. The van der Waals surface area contributed by atoms with Crippen LogP contribution in [0.4, 0.5) is 0 Å². The second-order valence-electron chi connectivity index (χ2n) is 15.6. The third-order valence-electron chi connectivity index (χ3n) is 12.0. The summed E-state index contributed by atoms with van der Waals surface area (Å²) in [4.78, 5) is 10.4. The summed E-state index contributed by atoms with van der Waals surface area (Å²) in [5, 5.41) is 15.2. The quantitative estimate of drug-likeness (QED) is 0.158. The average Bonchev–Trinajstić information content (AvgIpc) is 3.76. The van der Waals surface area contributed by atoms with E-state index in [2.05, 4.69) is 205 Å². The van der Waals surface area contributed by atoms with E-state index in [1.807, 2.05) is 18.2 Å². The Kier molecular flexibility index (Phi) is 8.13. The van der Waals surface area contributed by atoms with Gasteiger partial charge in [0.15, 0.2) is 5.82 Å². The molecular weight excluding hydrogens is 741 g/mol. The Morgan fingerprint density at radius 3 is 1.43 bits per heavy atom. The number of nitrogens with zero attached hydrogens (tertiary/aromatic N) is 4. The molecule has 0 bridgehead atoms. The maximum Gasteiger partial charge on any atom is 0.160 e. The number of hydrogen-bond acceptors (Lipinski definition) is 3. The zero-order valence-electron chi connectivity index (χ0n) is 33.1. The van der Waals surface area contributed by atoms with E-state index in [1.54, 1.807) is 0 Å². The fourth-order valence-corrected chi connectivity index (χ4v) is 9.11. The Labute approximate surface area is 352 Å². The molecule has 0 saturated heterocycles. The first-order chi connectivity index (χ1) is 30.2. The number of aromatic nitrogens is 4. The molecule has 0 aliphatic rings. The van der Waals surface area contributed by atoms with Crippen LogP contribution in [0.3, 0.4) is 0 Å². The minimum absolute atomic E-state index is 0.690. The van der Waals surface area contributed by atoms with Crippen molar-refractivity contribution in [3.05, 3.63) is 218 Å². The van der Waals surface area contributed by atoms with E-state index in [9.17, 15) is 0 Å². The van der Waals surface area contributed by atoms with Crippen molar-refractivity contribution in [2.75, 3.05) is 0 Å². The smallest absolute Gasteiger partial charge is 0.160 e.